The van der Waals surface area contributed by atoms with Crippen LogP contribution in [0, 0.1) is 6.92 Å². The second-order valence-electron chi connectivity index (χ2n) is 4.32. The molecule has 18 heavy (non-hydrogen) atoms. The van der Waals surface area contributed by atoms with Gasteiger partial charge in [0.05, 0.1) is 23.8 Å². The van der Waals surface area contributed by atoms with Gasteiger partial charge in [0.1, 0.15) is 0 Å². The van der Waals surface area contributed by atoms with Crippen molar-refractivity contribution in [3.05, 3.63) is 53.9 Å². The number of aromatic nitrogens is 1. The topological polar surface area (TPSA) is 37.0 Å². The van der Waals surface area contributed by atoms with E-state index in [9.17, 15) is 0 Å². The van der Waals surface area contributed by atoms with Gasteiger partial charge in [-0.25, -0.2) is 0 Å². The van der Waals surface area contributed by atoms with Gasteiger partial charge in [0.2, 0.25) is 0 Å². The number of nitrogens with zero attached hydrogens (tertiary/aromatic N) is 1. The van der Waals surface area contributed by atoms with E-state index in [2.05, 4.69) is 52.9 Å². The molecule has 0 radical (unpaired) electrons. The van der Waals surface area contributed by atoms with E-state index in [4.69, 9.17) is 0 Å². The van der Waals surface area contributed by atoms with Crippen molar-refractivity contribution >= 4 is 11.4 Å². The van der Waals surface area contributed by atoms with Crippen LogP contribution in [0.4, 0.5) is 11.4 Å². The van der Waals surface area contributed by atoms with E-state index in [0.717, 1.165) is 24.3 Å². The zero-order valence-corrected chi connectivity index (χ0v) is 10.9. The van der Waals surface area contributed by atoms with Gasteiger partial charge in [-0.3, -0.25) is 4.98 Å². The normalized spacial score (nSPS) is 10.1. The van der Waals surface area contributed by atoms with Gasteiger partial charge in [-0.2, -0.15) is 0 Å². The molecule has 1 heterocycles. The number of nitrogens with one attached hydrogen (secondary N) is 2. The molecule has 2 aromatic rings. The maximum atomic E-state index is 4.17. The zero-order chi connectivity index (χ0) is 12.8. The zero-order valence-electron chi connectivity index (χ0n) is 10.9. The first-order valence-corrected chi connectivity index (χ1v) is 6.21. The first kappa shape index (κ1) is 12.4. The van der Waals surface area contributed by atoms with Gasteiger partial charge in [-0.1, -0.05) is 24.3 Å². The van der Waals surface area contributed by atoms with Gasteiger partial charge in [0.25, 0.3) is 0 Å². The van der Waals surface area contributed by atoms with Gasteiger partial charge in [0.15, 0.2) is 0 Å². The van der Waals surface area contributed by atoms with Gasteiger partial charge in [0, 0.05) is 13.6 Å². The number of anilines is 2. The maximum absolute atomic E-state index is 4.17. The summed E-state index contributed by atoms with van der Waals surface area (Å²) in [6.07, 6.45) is 4.68. The second-order valence-corrected chi connectivity index (χ2v) is 4.32. The molecule has 0 aliphatic rings. The molecule has 0 spiro atoms. The summed E-state index contributed by atoms with van der Waals surface area (Å²) in [5.41, 5.74) is 4.82. The molecule has 0 bridgehead atoms. The third-order valence-corrected chi connectivity index (χ3v) is 3.01. The maximum Gasteiger partial charge on any atom is 0.0547 e. The third-order valence-electron chi connectivity index (χ3n) is 3.01. The monoisotopic (exact) mass is 241 g/mol. The molecule has 0 fully saturated rings. The third kappa shape index (κ3) is 3.23. The average Bonchev–Trinajstić information content (AvgIpc) is 2.41. The van der Waals surface area contributed by atoms with Crippen LogP contribution in [0.25, 0.3) is 0 Å². The lowest BCUT2D eigenvalue weighted by Gasteiger charge is -2.09. The quantitative estimate of drug-likeness (QED) is 0.844. The van der Waals surface area contributed by atoms with Crippen LogP contribution in [-0.4, -0.2) is 18.6 Å². The van der Waals surface area contributed by atoms with Crippen LogP contribution < -0.4 is 10.6 Å². The Morgan fingerprint density at radius 1 is 1.11 bits per heavy atom. The van der Waals surface area contributed by atoms with Crippen molar-refractivity contribution in [1.82, 2.24) is 4.98 Å². The Hall–Kier alpha value is -2.03. The summed E-state index contributed by atoms with van der Waals surface area (Å²) in [7, 11) is 1.90. The minimum absolute atomic E-state index is 0.916. The highest BCUT2D eigenvalue weighted by molar-refractivity contribution is 5.53. The lowest BCUT2D eigenvalue weighted by molar-refractivity contribution is 1.00. The Morgan fingerprint density at radius 3 is 2.67 bits per heavy atom. The molecule has 0 aliphatic heterocycles. The van der Waals surface area contributed by atoms with E-state index in [-0.39, 0.29) is 0 Å². The Kier molecular flexibility index (Phi) is 4.18. The van der Waals surface area contributed by atoms with Crippen LogP contribution in [0.3, 0.4) is 0 Å². The molecule has 2 rings (SSSR count). The van der Waals surface area contributed by atoms with Crippen molar-refractivity contribution in [3.63, 3.8) is 0 Å². The smallest absolute Gasteiger partial charge is 0.0547 e. The first-order chi connectivity index (χ1) is 8.79. The molecule has 0 aliphatic carbocycles. The molecular weight excluding hydrogens is 222 g/mol. The molecule has 1 aromatic carbocycles. The largest absolute Gasteiger partial charge is 0.387 e. The van der Waals surface area contributed by atoms with Crippen molar-refractivity contribution in [2.75, 3.05) is 24.2 Å². The summed E-state index contributed by atoms with van der Waals surface area (Å²) in [5, 5.41) is 6.47. The molecule has 0 amide bonds. The van der Waals surface area contributed by atoms with Crippen molar-refractivity contribution in [2.45, 2.75) is 13.3 Å². The molecule has 0 saturated carbocycles. The van der Waals surface area contributed by atoms with Gasteiger partial charge in [-0.05, 0) is 30.5 Å². The summed E-state index contributed by atoms with van der Waals surface area (Å²) in [5.74, 6) is 0. The fourth-order valence-electron chi connectivity index (χ4n) is 1.91. The number of pyridine rings is 1. The number of aryl methyl sites for hydroxylation is 1. The summed E-state index contributed by atoms with van der Waals surface area (Å²) in [6, 6.07) is 10.6. The van der Waals surface area contributed by atoms with E-state index in [1.54, 1.807) is 0 Å². The van der Waals surface area contributed by atoms with Crippen molar-refractivity contribution in [2.24, 2.45) is 0 Å². The molecular formula is C15H19N3. The Bertz CT molecular complexity index is 509. The van der Waals surface area contributed by atoms with Crippen LogP contribution in [0.1, 0.15) is 11.1 Å². The second kappa shape index (κ2) is 6.05. The summed E-state index contributed by atoms with van der Waals surface area (Å²) >= 11 is 0. The predicted octanol–water partition coefficient (Wildman–Crippen LogP) is 3.09. The first-order valence-electron chi connectivity index (χ1n) is 6.21. The molecule has 0 saturated heterocycles. The molecule has 1 aromatic heterocycles. The minimum Gasteiger partial charge on any atom is -0.387 e. The summed E-state index contributed by atoms with van der Waals surface area (Å²) in [4.78, 5) is 4.17. The highest BCUT2D eigenvalue weighted by Crippen LogP contribution is 2.13. The minimum atomic E-state index is 0.916. The summed E-state index contributed by atoms with van der Waals surface area (Å²) < 4.78 is 0. The molecule has 3 heteroatoms. The van der Waals surface area contributed by atoms with Crippen LogP contribution in [0.2, 0.25) is 0 Å². The van der Waals surface area contributed by atoms with Gasteiger partial charge in [-0.15, -0.1) is 0 Å². The van der Waals surface area contributed by atoms with E-state index in [1.165, 1.54) is 11.1 Å². The SMILES string of the molecule is CNc1cncc(NCCc2ccccc2C)c1. The Morgan fingerprint density at radius 2 is 1.89 bits per heavy atom. The van der Waals surface area contributed by atoms with Crippen molar-refractivity contribution < 1.29 is 0 Å². The van der Waals surface area contributed by atoms with Gasteiger partial charge < -0.3 is 10.6 Å². The number of benzene rings is 1. The van der Waals surface area contributed by atoms with Crippen LogP contribution in [0.15, 0.2) is 42.7 Å². The van der Waals surface area contributed by atoms with E-state index in [1.807, 2.05) is 19.4 Å². The van der Waals surface area contributed by atoms with Crippen molar-refractivity contribution in [3.8, 4) is 0 Å². The number of hydrogen-bond donors (Lipinski definition) is 2. The Balaban J connectivity index is 1.90. The molecule has 94 valence electrons. The highest BCUT2D eigenvalue weighted by atomic mass is 14.9. The number of hydrogen-bond acceptors (Lipinski definition) is 3. The van der Waals surface area contributed by atoms with Gasteiger partial charge >= 0.3 is 0 Å². The van der Waals surface area contributed by atoms with E-state index >= 15 is 0 Å². The predicted molar refractivity (Wildman–Crippen MR) is 77.2 cm³/mol. The number of rotatable bonds is 5. The van der Waals surface area contributed by atoms with Crippen LogP contribution in [0.5, 0.6) is 0 Å². The van der Waals surface area contributed by atoms with Crippen LogP contribution >= 0.6 is 0 Å². The molecule has 0 atom stereocenters. The lowest BCUT2D eigenvalue weighted by atomic mass is 10.1. The molecule has 3 nitrogen and oxygen atoms in total. The summed E-state index contributed by atoms with van der Waals surface area (Å²) in [6.45, 7) is 3.07. The Labute approximate surface area is 108 Å². The molecule has 0 unspecified atom stereocenters. The lowest BCUT2D eigenvalue weighted by Crippen LogP contribution is -2.06. The molecule has 2 N–H and O–H groups in total. The van der Waals surface area contributed by atoms with Crippen LogP contribution in [-0.2, 0) is 6.42 Å². The van der Waals surface area contributed by atoms with E-state index in [0.29, 0.717) is 0 Å². The average molecular weight is 241 g/mol. The highest BCUT2D eigenvalue weighted by Gasteiger charge is 1.98. The van der Waals surface area contributed by atoms with Crippen molar-refractivity contribution in [1.29, 1.82) is 0 Å². The van der Waals surface area contributed by atoms with E-state index < -0.39 is 0 Å². The fourth-order valence-corrected chi connectivity index (χ4v) is 1.91. The standard InChI is InChI=1S/C15H19N3/c1-12-5-3-4-6-13(12)7-8-18-15-9-14(16-2)10-17-11-15/h3-6,9-11,16,18H,7-8H2,1-2H3. The fraction of sp³-hybridized carbons (Fsp3) is 0.267.